The minimum Gasteiger partial charge on any atom is -0.447 e. The molecule has 7 heteroatoms. The van der Waals surface area contributed by atoms with Crippen LogP contribution >= 0.6 is 0 Å². The largest absolute Gasteiger partial charge is 0.447 e. The molecule has 1 aliphatic carbocycles. The number of amides is 3. The quantitative estimate of drug-likeness (QED) is 0.0728. The minimum absolute atomic E-state index is 0.0724. The third-order valence-corrected chi connectivity index (χ3v) is 8.45. The van der Waals surface area contributed by atoms with Crippen LogP contribution in [0.4, 0.5) is 9.59 Å². The van der Waals surface area contributed by atoms with Crippen LogP contribution in [0.5, 0.6) is 0 Å². The first-order valence-corrected chi connectivity index (χ1v) is 17.3. The Hall–Kier alpha value is -1.76. The monoisotopic (exact) mass is 594 g/mol. The van der Waals surface area contributed by atoms with E-state index in [-0.39, 0.29) is 29.5 Å². The van der Waals surface area contributed by atoms with Gasteiger partial charge in [0.15, 0.2) is 0 Å². The Labute approximate surface area is 259 Å². The van der Waals surface area contributed by atoms with Crippen molar-refractivity contribution in [3.8, 4) is 0 Å². The molecule has 1 aliphatic rings. The molecule has 246 valence electrons. The van der Waals surface area contributed by atoms with Crippen molar-refractivity contribution < 1.29 is 19.1 Å². The van der Waals surface area contributed by atoms with Crippen molar-refractivity contribution in [3.05, 3.63) is 12.7 Å². The molecule has 3 N–H and O–H groups in total. The molecule has 0 aromatic heterocycles. The van der Waals surface area contributed by atoms with Crippen molar-refractivity contribution in [2.75, 3.05) is 32.9 Å². The molecule has 42 heavy (non-hydrogen) atoms. The fourth-order valence-corrected chi connectivity index (χ4v) is 6.68. The van der Waals surface area contributed by atoms with Crippen molar-refractivity contribution in [2.45, 2.75) is 156 Å². The number of alkyl carbamates (subject to hydrolysis) is 1. The van der Waals surface area contributed by atoms with E-state index < -0.39 is 6.09 Å². The molecule has 2 unspecified atom stereocenters. The van der Waals surface area contributed by atoms with Crippen LogP contribution in [0.3, 0.4) is 0 Å². The second-order valence-electron chi connectivity index (χ2n) is 13.8. The number of hydrogen-bond donors (Lipinski definition) is 3. The van der Waals surface area contributed by atoms with Crippen LogP contribution in [0.25, 0.3) is 0 Å². The molecule has 2 atom stereocenters. The van der Waals surface area contributed by atoms with Crippen LogP contribution in [0.2, 0.25) is 0 Å². The van der Waals surface area contributed by atoms with Crippen molar-refractivity contribution in [1.29, 1.82) is 0 Å². The highest BCUT2D eigenvalue weighted by molar-refractivity contribution is 5.74. The van der Waals surface area contributed by atoms with E-state index in [0.717, 1.165) is 32.2 Å². The van der Waals surface area contributed by atoms with Gasteiger partial charge >= 0.3 is 12.1 Å². The van der Waals surface area contributed by atoms with Gasteiger partial charge in [0, 0.05) is 19.1 Å². The maximum atomic E-state index is 12.6. The van der Waals surface area contributed by atoms with E-state index in [1.807, 2.05) is 0 Å². The van der Waals surface area contributed by atoms with Gasteiger partial charge in [-0.05, 0) is 36.5 Å². The Morgan fingerprint density at radius 1 is 0.786 bits per heavy atom. The number of carbonyl (C=O) groups excluding carboxylic acids is 2. The molecule has 0 heterocycles. The Morgan fingerprint density at radius 3 is 1.88 bits per heavy atom. The predicted octanol–water partition coefficient (Wildman–Crippen LogP) is 9.06. The van der Waals surface area contributed by atoms with Gasteiger partial charge in [-0.3, -0.25) is 0 Å². The number of nitrogens with one attached hydrogen (secondary N) is 3. The van der Waals surface area contributed by atoms with Crippen LogP contribution in [-0.4, -0.2) is 51.1 Å². The molecule has 0 aromatic carbocycles. The van der Waals surface area contributed by atoms with Gasteiger partial charge in [-0.1, -0.05) is 130 Å². The Kier molecular flexibility index (Phi) is 21.6. The number of urea groups is 1. The van der Waals surface area contributed by atoms with Gasteiger partial charge in [-0.25, -0.2) is 9.59 Å². The molecular weight excluding hydrogens is 526 g/mol. The lowest BCUT2D eigenvalue weighted by molar-refractivity contribution is 0.0625. The first-order valence-electron chi connectivity index (χ1n) is 17.3. The van der Waals surface area contributed by atoms with Gasteiger partial charge in [0.25, 0.3) is 0 Å². The van der Waals surface area contributed by atoms with Crippen LogP contribution in [0, 0.1) is 10.8 Å². The van der Waals surface area contributed by atoms with Crippen molar-refractivity contribution in [1.82, 2.24) is 16.0 Å². The first-order chi connectivity index (χ1) is 20.2. The second-order valence-corrected chi connectivity index (χ2v) is 13.8. The minimum atomic E-state index is -0.428. The van der Waals surface area contributed by atoms with E-state index in [9.17, 15) is 9.59 Å². The fraction of sp³-hybridized carbons (Fsp3) is 0.886. The van der Waals surface area contributed by atoms with Crippen LogP contribution < -0.4 is 16.0 Å². The third-order valence-electron chi connectivity index (χ3n) is 8.45. The first kappa shape index (κ1) is 38.3. The predicted molar refractivity (Wildman–Crippen MR) is 176 cm³/mol. The summed E-state index contributed by atoms with van der Waals surface area (Å²) in [5.41, 5.74) is -0.0467. The molecule has 7 nitrogen and oxygen atoms in total. The van der Waals surface area contributed by atoms with Crippen LogP contribution in [0.1, 0.15) is 150 Å². The lowest BCUT2D eigenvalue weighted by Gasteiger charge is -2.46. The lowest BCUT2D eigenvalue weighted by atomic mass is 9.62. The molecule has 0 radical (unpaired) electrons. The maximum Gasteiger partial charge on any atom is 0.407 e. The van der Waals surface area contributed by atoms with Gasteiger partial charge < -0.3 is 25.4 Å². The highest BCUT2D eigenvalue weighted by Crippen LogP contribution is 2.45. The number of rotatable bonds is 25. The normalized spacial score (nSPS) is 19.7. The Bertz CT molecular complexity index is 714. The summed E-state index contributed by atoms with van der Waals surface area (Å²) in [5.74, 6) is 0. The molecule has 1 saturated carbocycles. The summed E-state index contributed by atoms with van der Waals surface area (Å²) in [4.78, 5) is 24.8. The average molecular weight is 594 g/mol. The molecular formula is C35H67N3O4. The summed E-state index contributed by atoms with van der Waals surface area (Å²) in [6.07, 6.45) is 25.5. The van der Waals surface area contributed by atoms with Gasteiger partial charge in [0.2, 0.25) is 0 Å². The topological polar surface area (TPSA) is 88.7 Å². The molecule has 0 saturated heterocycles. The van der Waals surface area contributed by atoms with Crippen molar-refractivity contribution in [3.63, 3.8) is 0 Å². The van der Waals surface area contributed by atoms with E-state index in [0.29, 0.717) is 19.8 Å². The third kappa shape index (κ3) is 21.0. The van der Waals surface area contributed by atoms with Crippen LogP contribution in [-0.2, 0) is 9.47 Å². The SMILES string of the molecule is C=CCOCCOC(=O)NCC1(C)CC(NC(=O)NCCCCCCCCCCCCCCCCCC)CC(C)(C)C1. The maximum absolute atomic E-state index is 12.6. The molecule has 0 aliphatic heterocycles. The summed E-state index contributed by atoms with van der Waals surface area (Å²) < 4.78 is 10.4. The van der Waals surface area contributed by atoms with Crippen molar-refractivity contribution >= 4 is 12.1 Å². The lowest BCUT2D eigenvalue weighted by Crippen LogP contribution is -2.52. The van der Waals surface area contributed by atoms with E-state index in [1.54, 1.807) is 6.08 Å². The Morgan fingerprint density at radius 2 is 1.33 bits per heavy atom. The Balaban J connectivity index is 2.09. The summed E-state index contributed by atoms with van der Waals surface area (Å²) in [5, 5.41) is 9.19. The van der Waals surface area contributed by atoms with Gasteiger partial charge in [0.1, 0.15) is 6.61 Å². The molecule has 0 bridgehead atoms. The van der Waals surface area contributed by atoms with Gasteiger partial charge in [-0.15, -0.1) is 6.58 Å². The van der Waals surface area contributed by atoms with Crippen molar-refractivity contribution in [2.24, 2.45) is 10.8 Å². The number of ether oxygens (including phenoxy) is 2. The zero-order chi connectivity index (χ0) is 30.9. The summed E-state index contributed by atoms with van der Waals surface area (Å²) >= 11 is 0. The smallest absolute Gasteiger partial charge is 0.407 e. The summed E-state index contributed by atoms with van der Waals surface area (Å²) in [6, 6.07) is 0.00238. The van der Waals surface area contributed by atoms with E-state index in [1.165, 1.54) is 96.3 Å². The van der Waals surface area contributed by atoms with E-state index in [2.05, 4.69) is 50.2 Å². The molecule has 0 aromatic rings. The fourth-order valence-electron chi connectivity index (χ4n) is 6.68. The highest BCUT2D eigenvalue weighted by atomic mass is 16.6. The number of carbonyl (C=O) groups is 2. The van der Waals surface area contributed by atoms with Gasteiger partial charge in [0.05, 0.1) is 13.2 Å². The molecule has 1 fully saturated rings. The zero-order valence-electron chi connectivity index (χ0n) is 28.0. The van der Waals surface area contributed by atoms with E-state index in [4.69, 9.17) is 9.47 Å². The molecule has 0 spiro atoms. The zero-order valence-corrected chi connectivity index (χ0v) is 28.0. The highest BCUT2D eigenvalue weighted by Gasteiger charge is 2.42. The number of unbranched alkanes of at least 4 members (excludes halogenated alkanes) is 15. The molecule has 1 rings (SSSR count). The second kappa shape index (κ2) is 23.7. The van der Waals surface area contributed by atoms with Crippen LogP contribution in [0.15, 0.2) is 12.7 Å². The summed E-state index contributed by atoms with van der Waals surface area (Å²) in [7, 11) is 0. The van der Waals surface area contributed by atoms with E-state index >= 15 is 0 Å². The standard InChI is InChI=1S/C35H67N3O4/c1-6-8-9-10-11-12-13-14-15-16-17-18-19-20-21-22-23-36-32(39)38-31-27-34(3,4)29-35(5,28-31)30-37-33(40)42-26-25-41-24-7-2/h7,31H,2,6,8-30H2,1,3-5H3,(H,37,40)(H2,36,38,39). The summed E-state index contributed by atoms with van der Waals surface area (Å²) in [6.45, 7) is 14.8. The number of hydrogen-bond acceptors (Lipinski definition) is 4. The van der Waals surface area contributed by atoms with Gasteiger partial charge in [-0.2, -0.15) is 0 Å². The average Bonchev–Trinajstić information content (AvgIpc) is 2.92. The molecule has 3 amide bonds.